The number of nitrogens with zero attached hydrogens (tertiary/aromatic N) is 2. The summed E-state index contributed by atoms with van der Waals surface area (Å²) in [5, 5.41) is 2.61. The predicted molar refractivity (Wildman–Crippen MR) is 101 cm³/mol. The largest absolute Gasteiger partial charge is 0.326 e. The van der Waals surface area contributed by atoms with Crippen molar-refractivity contribution >= 4 is 21.6 Å². The van der Waals surface area contributed by atoms with E-state index in [1.807, 2.05) is 11.9 Å². The van der Waals surface area contributed by atoms with Gasteiger partial charge in [0.15, 0.2) is 0 Å². The van der Waals surface area contributed by atoms with Crippen LogP contribution in [0.5, 0.6) is 0 Å². The number of rotatable bonds is 4. The molecule has 2 aromatic carbocycles. The molecule has 1 N–H and O–H groups in total. The van der Waals surface area contributed by atoms with Gasteiger partial charge in [0.2, 0.25) is 15.9 Å². The minimum atomic E-state index is -3.71. The molecule has 1 heterocycles. The summed E-state index contributed by atoms with van der Waals surface area (Å²) >= 11 is 0. The maximum atomic E-state index is 14.2. The van der Waals surface area contributed by atoms with E-state index < -0.39 is 10.0 Å². The molecule has 1 amide bonds. The van der Waals surface area contributed by atoms with Gasteiger partial charge in [-0.3, -0.25) is 9.69 Å². The zero-order chi connectivity index (χ0) is 19.6. The first kappa shape index (κ1) is 19.5. The normalized spacial score (nSPS) is 19.0. The summed E-state index contributed by atoms with van der Waals surface area (Å²) in [4.78, 5) is 13.2. The molecule has 1 aliphatic heterocycles. The number of carbonyl (C=O) groups excluding carboxylic acids is 1. The van der Waals surface area contributed by atoms with Crippen molar-refractivity contribution in [2.75, 3.05) is 32.0 Å². The zero-order valence-corrected chi connectivity index (χ0v) is 16.0. The number of anilines is 1. The van der Waals surface area contributed by atoms with Crippen LogP contribution in [-0.4, -0.2) is 50.2 Å². The number of carbonyl (C=O) groups is 1. The lowest BCUT2D eigenvalue weighted by Crippen LogP contribution is -2.49. The third-order valence-electron chi connectivity index (χ3n) is 4.69. The molecule has 1 atom stereocenters. The van der Waals surface area contributed by atoms with Crippen molar-refractivity contribution in [3.8, 4) is 0 Å². The Bertz CT molecular complexity index is 931. The van der Waals surface area contributed by atoms with Crippen molar-refractivity contribution < 1.29 is 17.6 Å². The maximum absolute atomic E-state index is 14.2. The number of halogens is 1. The molecule has 1 saturated heterocycles. The van der Waals surface area contributed by atoms with E-state index in [9.17, 15) is 17.6 Å². The average Bonchev–Trinajstić information content (AvgIpc) is 2.62. The summed E-state index contributed by atoms with van der Waals surface area (Å²) < 4.78 is 41.6. The van der Waals surface area contributed by atoms with Gasteiger partial charge in [0.1, 0.15) is 5.82 Å². The molecular formula is C19H22FN3O3S. The van der Waals surface area contributed by atoms with Gasteiger partial charge in [0.05, 0.1) is 10.9 Å². The Kier molecular flexibility index (Phi) is 5.59. The van der Waals surface area contributed by atoms with Gasteiger partial charge < -0.3 is 5.32 Å². The molecule has 0 saturated carbocycles. The van der Waals surface area contributed by atoms with Crippen LogP contribution in [0.3, 0.4) is 0 Å². The summed E-state index contributed by atoms with van der Waals surface area (Å²) in [7, 11) is -1.85. The van der Waals surface area contributed by atoms with Gasteiger partial charge in [0, 0.05) is 37.8 Å². The van der Waals surface area contributed by atoms with E-state index in [1.165, 1.54) is 29.4 Å². The highest BCUT2D eigenvalue weighted by atomic mass is 32.2. The summed E-state index contributed by atoms with van der Waals surface area (Å²) in [5.41, 5.74) is 1.02. The molecule has 6 nitrogen and oxygen atoms in total. The molecule has 1 unspecified atom stereocenters. The van der Waals surface area contributed by atoms with Crippen LogP contribution in [0.4, 0.5) is 10.1 Å². The molecule has 0 radical (unpaired) electrons. The molecule has 0 aliphatic carbocycles. The number of sulfonamides is 1. The monoisotopic (exact) mass is 391 g/mol. The Labute approximate surface area is 158 Å². The predicted octanol–water partition coefficient (Wildman–Crippen LogP) is 2.46. The van der Waals surface area contributed by atoms with E-state index in [-0.39, 0.29) is 29.2 Å². The Morgan fingerprint density at radius 3 is 2.41 bits per heavy atom. The summed E-state index contributed by atoms with van der Waals surface area (Å²) in [6, 6.07) is 12.1. The van der Waals surface area contributed by atoms with Gasteiger partial charge in [-0.05, 0) is 37.4 Å². The average molecular weight is 391 g/mol. The summed E-state index contributed by atoms with van der Waals surface area (Å²) in [5.74, 6) is -0.564. The third kappa shape index (κ3) is 4.18. The van der Waals surface area contributed by atoms with Crippen LogP contribution in [0, 0.1) is 5.82 Å². The van der Waals surface area contributed by atoms with Gasteiger partial charge in [-0.1, -0.05) is 18.2 Å². The third-order valence-corrected chi connectivity index (χ3v) is 6.57. The summed E-state index contributed by atoms with van der Waals surface area (Å²) in [6.45, 7) is 2.39. The van der Waals surface area contributed by atoms with Crippen LogP contribution in [0.25, 0.3) is 0 Å². The molecule has 8 heteroatoms. The molecule has 144 valence electrons. The van der Waals surface area contributed by atoms with Crippen LogP contribution in [0.2, 0.25) is 0 Å². The molecule has 0 spiro atoms. The number of benzene rings is 2. The number of hydrogen-bond donors (Lipinski definition) is 1. The summed E-state index contributed by atoms with van der Waals surface area (Å²) in [6.07, 6.45) is 0. The lowest BCUT2D eigenvalue weighted by molar-refractivity contribution is -0.114. The van der Waals surface area contributed by atoms with Gasteiger partial charge in [-0.25, -0.2) is 12.8 Å². The van der Waals surface area contributed by atoms with Crippen LogP contribution in [0.15, 0.2) is 53.4 Å². The fourth-order valence-electron chi connectivity index (χ4n) is 3.21. The number of nitrogens with one attached hydrogen (secondary N) is 1. The fraction of sp³-hybridized carbons (Fsp3) is 0.316. The minimum Gasteiger partial charge on any atom is -0.326 e. The van der Waals surface area contributed by atoms with Crippen LogP contribution < -0.4 is 5.32 Å². The highest BCUT2D eigenvalue weighted by Gasteiger charge is 2.34. The van der Waals surface area contributed by atoms with Crippen molar-refractivity contribution in [2.24, 2.45) is 0 Å². The van der Waals surface area contributed by atoms with E-state index in [0.717, 1.165) is 0 Å². The lowest BCUT2D eigenvalue weighted by Gasteiger charge is -2.39. The molecule has 3 rings (SSSR count). The molecule has 2 aromatic rings. The standard InChI is InChI=1S/C19H22FN3O3S/c1-14(24)21-15-7-9-16(10-8-15)27(25,26)23-12-11-22(2)19(13-23)17-5-3-4-6-18(17)20/h3-10,19H,11-13H2,1-2H3,(H,21,24). The van der Waals surface area contributed by atoms with Crippen molar-refractivity contribution in [1.82, 2.24) is 9.21 Å². The highest BCUT2D eigenvalue weighted by molar-refractivity contribution is 7.89. The maximum Gasteiger partial charge on any atom is 0.243 e. The molecule has 1 fully saturated rings. The first-order chi connectivity index (χ1) is 12.8. The van der Waals surface area contributed by atoms with Gasteiger partial charge in [-0.2, -0.15) is 4.31 Å². The minimum absolute atomic E-state index is 0.147. The second-order valence-corrected chi connectivity index (χ2v) is 8.52. The van der Waals surface area contributed by atoms with E-state index >= 15 is 0 Å². The van der Waals surface area contributed by atoms with Gasteiger partial charge in [-0.15, -0.1) is 0 Å². The first-order valence-electron chi connectivity index (χ1n) is 8.61. The van der Waals surface area contributed by atoms with E-state index in [0.29, 0.717) is 24.3 Å². The molecule has 27 heavy (non-hydrogen) atoms. The zero-order valence-electron chi connectivity index (χ0n) is 15.2. The Morgan fingerprint density at radius 1 is 1.11 bits per heavy atom. The fourth-order valence-corrected chi connectivity index (χ4v) is 4.65. The van der Waals surface area contributed by atoms with Crippen LogP contribution in [0.1, 0.15) is 18.5 Å². The van der Waals surface area contributed by atoms with Crippen molar-refractivity contribution in [3.63, 3.8) is 0 Å². The molecule has 0 bridgehead atoms. The van der Waals surface area contributed by atoms with Crippen LogP contribution >= 0.6 is 0 Å². The van der Waals surface area contributed by atoms with Gasteiger partial charge >= 0.3 is 0 Å². The number of likely N-dealkylation sites (N-methyl/N-ethyl adjacent to an activating group) is 1. The second-order valence-electron chi connectivity index (χ2n) is 6.59. The molecular weight excluding hydrogens is 369 g/mol. The van der Waals surface area contributed by atoms with E-state index in [2.05, 4.69) is 5.32 Å². The highest BCUT2D eigenvalue weighted by Crippen LogP contribution is 2.29. The Morgan fingerprint density at radius 2 is 1.78 bits per heavy atom. The quantitative estimate of drug-likeness (QED) is 0.869. The Balaban J connectivity index is 1.84. The number of piperazine rings is 1. The van der Waals surface area contributed by atoms with E-state index in [4.69, 9.17) is 0 Å². The topological polar surface area (TPSA) is 69.7 Å². The first-order valence-corrected chi connectivity index (χ1v) is 10.1. The smallest absolute Gasteiger partial charge is 0.243 e. The van der Waals surface area contributed by atoms with Crippen molar-refractivity contribution in [3.05, 3.63) is 59.9 Å². The molecule has 0 aromatic heterocycles. The van der Waals surface area contributed by atoms with E-state index in [1.54, 1.807) is 30.3 Å². The number of hydrogen-bond acceptors (Lipinski definition) is 4. The number of amides is 1. The molecule has 1 aliphatic rings. The van der Waals surface area contributed by atoms with Crippen molar-refractivity contribution in [2.45, 2.75) is 17.9 Å². The Hall–Kier alpha value is -2.29. The van der Waals surface area contributed by atoms with Crippen molar-refractivity contribution in [1.29, 1.82) is 0 Å². The lowest BCUT2D eigenvalue weighted by atomic mass is 10.0. The van der Waals surface area contributed by atoms with Crippen LogP contribution in [-0.2, 0) is 14.8 Å². The SMILES string of the molecule is CC(=O)Nc1ccc(S(=O)(=O)N2CCN(C)C(c3ccccc3F)C2)cc1. The van der Waals surface area contributed by atoms with Gasteiger partial charge in [0.25, 0.3) is 0 Å². The second kappa shape index (κ2) is 7.75.